The van der Waals surface area contributed by atoms with E-state index in [4.69, 9.17) is 23.8 Å². The van der Waals surface area contributed by atoms with Crippen molar-refractivity contribution in [2.24, 2.45) is 0 Å². The predicted molar refractivity (Wildman–Crippen MR) is 256 cm³/mol. The normalized spacial score (nSPS) is 11.8. The van der Waals surface area contributed by atoms with Crippen LogP contribution in [0, 0.1) is 0 Å². The lowest BCUT2D eigenvalue weighted by atomic mass is 9.99. The monoisotopic (exact) mass is 806 g/mol. The first-order chi connectivity index (χ1) is 31.2. The molecule has 294 valence electrons. The zero-order chi connectivity index (χ0) is 41.4. The average molecular weight is 807 g/mol. The third-order valence-corrected chi connectivity index (χ3v) is 12.3. The number of benzene rings is 9. The molecule has 0 saturated carbocycles. The minimum absolute atomic E-state index is 0.574. The minimum atomic E-state index is 0.574. The molecule has 6 heteroatoms. The molecular weight excluding hydrogens is 773 g/mol. The van der Waals surface area contributed by atoms with Crippen LogP contribution in [0.3, 0.4) is 0 Å². The zero-order valence-electron chi connectivity index (χ0n) is 33.7. The first-order valence-electron chi connectivity index (χ1n) is 21.1. The third kappa shape index (κ3) is 5.84. The first kappa shape index (κ1) is 35.2. The molecule has 0 aliphatic heterocycles. The fraction of sp³-hybridized carbons (Fsp3) is 0. The van der Waals surface area contributed by atoms with Crippen LogP contribution in [0.2, 0.25) is 0 Å². The maximum Gasteiger partial charge on any atom is 0.164 e. The maximum absolute atomic E-state index is 6.55. The zero-order valence-corrected chi connectivity index (χ0v) is 33.7. The highest BCUT2D eigenvalue weighted by Crippen LogP contribution is 2.39. The second kappa shape index (κ2) is 14.0. The highest BCUT2D eigenvalue weighted by Gasteiger charge is 2.18. The molecular formula is C57H34N4O2. The molecule has 0 spiro atoms. The standard InChI is InChI=1S/C57H34N4O2/c1-4-12-35(13-5-1)37-22-27-52-47(30-37)48-32-39(24-29-53(48)62-52)38-23-28-51-46(31-38)44-25-20-41(34-54(44)63-51)57-59-55(36-14-6-2-7-15-36)58-56(60-57)40-21-26-50-45(33-40)43-18-10-11-19-49(43)61(50)42-16-8-3-9-17-42/h1-34H. The molecule has 0 amide bonds. The van der Waals surface area contributed by atoms with Gasteiger partial charge in [0.25, 0.3) is 0 Å². The van der Waals surface area contributed by atoms with Gasteiger partial charge in [-0.25, -0.2) is 15.0 Å². The van der Waals surface area contributed by atoms with Gasteiger partial charge in [0, 0.05) is 54.7 Å². The SMILES string of the molecule is c1ccc(-c2ccc3oc4ccc(-c5ccc6oc7cc(-c8nc(-c9ccccc9)nc(-c9ccc%10c(c9)c9ccccc9n%10-c9ccccc9)n8)ccc7c6c5)cc4c3c2)cc1. The van der Waals surface area contributed by atoms with E-state index >= 15 is 0 Å². The first-order valence-corrected chi connectivity index (χ1v) is 21.1. The van der Waals surface area contributed by atoms with E-state index in [0.29, 0.717) is 17.5 Å². The summed E-state index contributed by atoms with van der Waals surface area (Å²) in [6, 6.07) is 71.6. The Morgan fingerprint density at radius 2 is 0.714 bits per heavy atom. The molecule has 6 nitrogen and oxygen atoms in total. The van der Waals surface area contributed by atoms with Crippen LogP contribution in [-0.2, 0) is 0 Å². The van der Waals surface area contributed by atoms with E-state index in [9.17, 15) is 0 Å². The average Bonchev–Trinajstić information content (AvgIpc) is 4.03. The summed E-state index contributed by atoms with van der Waals surface area (Å²) in [7, 11) is 0. The summed E-state index contributed by atoms with van der Waals surface area (Å²) in [5, 5.41) is 6.56. The van der Waals surface area contributed by atoms with Crippen LogP contribution in [-0.4, -0.2) is 19.5 Å². The Hall–Kier alpha value is -8.61. The van der Waals surface area contributed by atoms with Crippen molar-refractivity contribution in [1.29, 1.82) is 0 Å². The van der Waals surface area contributed by atoms with Gasteiger partial charge in [-0.2, -0.15) is 0 Å². The Morgan fingerprint density at radius 3 is 1.37 bits per heavy atom. The van der Waals surface area contributed by atoms with Gasteiger partial charge in [0.2, 0.25) is 0 Å². The van der Waals surface area contributed by atoms with E-state index in [1.807, 2.05) is 48.5 Å². The van der Waals surface area contributed by atoms with Gasteiger partial charge in [0.15, 0.2) is 17.5 Å². The van der Waals surface area contributed by atoms with Gasteiger partial charge in [-0.1, -0.05) is 121 Å². The third-order valence-electron chi connectivity index (χ3n) is 12.3. The number of aromatic nitrogens is 4. The Balaban J connectivity index is 0.905. The van der Waals surface area contributed by atoms with Gasteiger partial charge in [0.05, 0.1) is 11.0 Å². The summed E-state index contributed by atoms with van der Waals surface area (Å²) in [4.78, 5) is 15.3. The fourth-order valence-corrected chi connectivity index (χ4v) is 9.18. The number of rotatable bonds is 6. The molecule has 63 heavy (non-hydrogen) atoms. The van der Waals surface area contributed by atoms with Crippen molar-refractivity contribution < 1.29 is 8.83 Å². The molecule has 0 saturated heterocycles. The molecule has 0 bridgehead atoms. The van der Waals surface area contributed by atoms with Crippen LogP contribution < -0.4 is 0 Å². The number of furan rings is 2. The van der Waals surface area contributed by atoms with Crippen molar-refractivity contribution in [1.82, 2.24) is 19.5 Å². The smallest absolute Gasteiger partial charge is 0.164 e. The van der Waals surface area contributed by atoms with E-state index < -0.39 is 0 Å². The summed E-state index contributed by atoms with van der Waals surface area (Å²) >= 11 is 0. The lowest BCUT2D eigenvalue weighted by Crippen LogP contribution is -2.00. The van der Waals surface area contributed by atoms with E-state index in [2.05, 4.69) is 162 Å². The van der Waals surface area contributed by atoms with Crippen molar-refractivity contribution in [3.63, 3.8) is 0 Å². The molecule has 0 unspecified atom stereocenters. The van der Waals surface area contributed by atoms with Crippen LogP contribution in [0.1, 0.15) is 0 Å². The van der Waals surface area contributed by atoms with Crippen LogP contribution in [0.5, 0.6) is 0 Å². The largest absolute Gasteiger partial charge is 0.456 e. The van der Waals surface area contributed by atoms with Gasteiger partial charge in [-0.05, 0) is 107 Å². The summed E-state index contributed by atoms with van der Waals surface area (Å²) in [6.45, 7) is 0. The van der Waals surface area contributed by atoms with Gasteiger partial charge >= 0.3 is 0 Å². The summed E-state index contributed by atoms with van der Waals surface area (Å²) < 4.78 is 15.1. The summed E-state index contributed by atoms with van der Waals surface area (Å²) in [5.74, 6) is 1.78. The predicted octanol–water partition coefficient (Wildman–Crippen LogP) is 15.1. The second-order valence-electron chi connectivity index (χ2n) is 16.0. The fourth-order valence-electron chi connectivity index (χ4n) is 9.18. The number of fused-ring (bicyclic) bond motifs is 9. The molecule has 0 atom stereocenters. The van der Waals surface area contributed by atoms with Crippen molar-refractivity contribution >= 4 is 65.7 Å². The molecule has 13 aromatic rings. The van der Waals surface area contributed by atoms with Crippen LogP contribution in [0.25, 0.3) is 128 Å². The Morgan fingerprint density at radius 1 is 0.270 bits per heavy atom. The van der Waals surface area contributed by atoms with E-state index in [1.54, 1.807) is 0 Å². The van der Waals surface area contributed by atoms with Crippen LogP contribution >= 0.6 is 0 Å². The van der Waals surface area contributed by atoms with Crippen molar-refractivity contribution in [3.8, 4) is 62.1 Å². The molecule has 0 radical (unpaired) electrons. The maximum atomic E-state index is 6.55. The number of hydrogen-bond acceptors (Lipinski definition) is 5. The van der Waals surface area contributed by atoms with Gasteiger partial charge in [-0.15, -0.1) is 0 Å². The number of nitrogens with zero attached hydrogens (tertiary/aromatic N) is 4. The molecule has 0 fully saturated rings. The summed E-state index contributed by atoms with van der Waals surface area (Å²) in [6.07, 6.45) is 0. The van der Waals surface area contributed by atoms with E-state index in [0.717, 1.165) is 99.4 Å². The minimum Gasteiger partial charge on any atom is -0.456 e. The Bertz CT molecular complexity index is 3900. The molecule has 0 aliphatic rings. The lowest BCUT2D eigenvalue weighted by Gasteiger charge is -2.10. The van der Waals surface area contributed by atoms with Crippen molar-refractivity contribution in [2.45, 2.75) is 0 Å². The Labute approximate surface area is 361 Å². The van der Waals surface area contributed by atoms with Gasteiger partial charge in [-0.3, -0.25) is 0 Å². The molecule has 4 aromatic heterocycles. The van der Waals surface area contributed by atoms with Crippen LogP contribution in [0.15, 0.2) is 215 Å². The highest BCUT2D eigenvalue weighted by atomic mass is 16.3. The molecule has 9 aromatic carbocycles. The Kier molecular flexibility index (Phi) is 7.80. The van der Waals surface area contributed by atoms with Crippen molar-refractivity contribution in [3.05, 3.63) is 206 Å². The second-order valence-corrected chi connectivity index (χ2v) is 16.0. The van der Waals surface area contributed by atoms with Crippen LogP contribution in [0.4, 0.5) is 0 Å². The highest BCUT2D eigenvalue weighted by molar-refractivity contribution is 6.11. The number of hydrogen-bond donors (Lipinski definition) is 0. The van der Waals surface area contributed by atoms with E-state index in [1.165, 1.54) is 10.9 Å². The van der Waals surface area contributed by atoms with Crippen molar-refractivity contribution in [2.75, 3.05) is 0 Å². The van der Waals surface area contributed by atoms with Gasteiger partial charge < -0.3 is 13.4 Å². The van der Waals surface area contributed by atoms with Gasteiger partial charge in [0.1, 0.15) is 22.3 Å². The van der Waals surface area contributed by atoms with E-state index in [-0.39, 0.29) is 0 Å². The lowest BCUT2D eigenvalue weighted by molar-refractivity contribution is 0.668. The molecule has 4 heterocycles. The molecule has 13 rings (SSSR count). The molecule has 0 N–H and O–H groups in total. The summed E-state index contributed by atoms with van der Waals surface area (Å²) in [5.41, 5.74) is 13.9. The quantitative estimate of drug-likeness (QED) is 0.167. The topological polar surface area (TPSA) is 69.9 Å². The molecule has 0 aliphatic carbocycles. The number of para-hydroxylation sites is 2.